The molecule has 2 aliphatic rings. The Labute approximate surface area is 116 Å². The van der Waals surface area contributed by atoms with Gasteiger partial charge in [-0.15, -0.1) is 0 Å². The Morgan fingerprint density at radius 1 is 1.16 bits per heavy atom. The fourth-order valence-electron chi connectivity index (χ4n) is 3.72. The van der Waals surface area contributed by atoms with E-state index in [1.54, 1.807) is 0 Å². The number of ether oxygens (including phenoxy) is 1. The highest BCUT2D eigenvalue weighted by molar-refractivity contribution is 5.39. The van der Waals surface area contributed by atoms with Gasteiger partial charge in [-0.1, -0.05) is 31.4 Å². The molecule has 1 saturated carbocycles. The second-order valence-electron chi connectivity index (χ2n) is 6.12. The Balaban J connectivity index is 1.59. The first-order chi connectivity index (χ1) is 9.36. The minimum absolute atomic E-state index is 0.770. The fourth-order valence-corrected chi connectivity index (χ4v) is 3.72. The van der Waals surface area contributed by atoms with Gasteiger partial charge in [0.2, 0.25) is 0 Å². The van der Waals surface area contributed by atoms with Crippen molar-refractivity contribution in [2.75, 3.05) is 13.2 Å². The molecule has 2 nitrogen and oxygen atoms in total. The van der Waals surface area contributed by atoms with Crippen LogP contribution < -0.4 is 10.5 Å². The van der Waals surface area contributed by atoms with E-state index in [1.165, 1.54) is 49.7 Å². The van der Waals surface area contributed by atoms with Gasteiger partial charge in [-0.25, -0.2) is 0 Å². The standard InChI is InChI=1S/C17H25NO/c18-12-16-4-2-1-3-14(16)7-5-13-6-8-17-15(11-13)9-10-19-17/h6,8,11,14,16H,1-5,7,9-10,12,18H2. The summed E-state index contributed by atoms with van der Waals surface area (Å²) in [5.74, 6) is 2.72. The van der Waals surface area contributed by atoms with Crippen LogP contribution in [0, 0.1) is 11.8 Å². The first-order valence-corrected chi connectivity index (χ1v) is 7.81. The van der Waals surface area contributed by atoms with Gasteiger partial charge in [0.05, 0.1) is 6.61 Å². The molecule has 2 N–H and O–H groups in total. The van der Waals surface area contributed by atoms with E-state index >= 15 is 0 Å². The normalized spacial score (nSPS) is 25.9. The SMILES string of the molecule is NCC1CCCCC1CCc1ccc2c(c1)CCO2. The number of rotatable bonds is 4. The molecule has 1 fully saturated rings. The largest absolute Gasteiger partial charge is 0.493 e. The average molecular weight is 259 g/mol. The molecule has 19 heavy (non-hydrogen) atoms. The van der Waals surface area contributed by atoms with Gasteiger partial charge < -0.3 is 10.5 Å². The number of fused-ring (bicyclic) bond motifs is 1. The molecule has 1 aliphatic carbocycles. The number of benzene rings is 1. The van der Waals surface area contributed by atoms with Crippen molar-refractivity contribution in [3.8, 4) is 5.75 Å². The Hall–Kier alpha value is -1.02. The highest BCUT2D eigenvalue weighted by Gasteiger charge is 2.23. The van der Waals surface area contributed by atoms with Crippen LogP contribution >= 0.6 is 0 Å². The zero-order chi connectivity index (χ0) is 13.1. The van der Waals surface area contributed by atoms with Gasteiger partial charge in [0, 0.05) is 6.42 Å². The van der Waals surface area contributed by atoms with Crippen LogP contribution in [-0.2, 0) is 12.8 Å². The second-order valence-corrected chi connectivity index (χ2v) is 6.12. The van der Waals surface area contributed by atoms with Crippen LogP contribution in [0.4, 0.5) is 0 Å². The molecule has 0 amide bonds. The quantitative estimate of drug-likeness (QED) is 0.900. The van der Waals surface area contributed by atoms with Crippen LogP contribution in [0.5, 0.6) is 5.75 Å². The van der Waals surface area contributed by atoms with Crippen LogP contribution in [0.2, 0.25) is 0 Å². The van der Waals surface area contributed by atoms with E-state index in [0.29, 0.717) is 0 Å². The number of hydrogen-bond acceptors (Lipinski definition) is 2. The van der Waals surface area contributed by atoms with Crippen molar-refractivity contribution in [3.63, 3.8) is 0 Å². The first-order valence-electron chi connectivity index (χ1n) is 7.81. The molecule has 2 atom stereocenters. The predicted octanol–water partition coefficient (Wildman–Crippen LogP) is 3.32. The van der Waals surface area contributed by atoms with Crippen molar-refractivity contribution in [2.45, 2.75) is 44.9 Å². The van der Waals surface area contributed by atoms with E-state index in [1.807, 2.05) is 0 Å². The maximum absolute atomic E-state index is 5.92. The van der Waals surface area contributed by atoms with E-state index in [9.17, 15) is 0 Å². The highest BCUT2D eigenvalue weighted by atomic mass is 16.5. The zero-order valence-electron chi connectivity index (χ0n) is 11.7. The second kappa shape index (κ2) is 5.96. The van der Waals surface area contributed by atoms with Gasteiger partial charge in [0.15, 0.2) is 0 Å². The van der Waals surface area contributed by atoms with Crippen LogP contribution in [0.25, 0.3) is 0 Å². The lowest BCUT2D eigenvalue weighted by atomic mass is 9.76. The summed E-state index contributed by atoms with van der Waals surface area (Å²) in [6.45, 7) is 1.74. The molecule has 0 saturated heterocycles. The summed E-state index contributed by atoms with van der Waals surface area (Å²) in [6.07, 6.45) is 9.11. The van der Waals surface area contributed by atoms with E-state index in [-0.39, 0.29) is 0 Å². The molecular weight excluding hydrogens is 234 g/mol. The third-order valence-corrected chi connectivity index (χ3v) is 4.93. The third kappa shape index (κ3) is 2.94. The van der Waals surface area contributed by atoms with E-state index in [4.69, 9.17) is 10.5 Å². The van der Waals surface area contributed by atoms with Gasteiger partial charge in [-0.05, 0) is 54.8 Å². The van der Waals surface area contributed by atoms with Crippen LogP contribution in [0.3, 0.4) is 0 Å². The van der Waals surface area contributed by atoms with Crippen molar-refractivity contribution < 1.29 is 4.74 Å². The van der Waals surface area contributed by atoms with Crippen LogP contribution in [-0.4, -0.2) is 13.2 Å². The Morgan fingerprint density at radius 3 is 2.84 bits per heavy atom. The molecule has 0 spiro atoms. The summed E-state index contributed by atoms with van der Waals surface area (Å²) >= 11 is 0. The summed E-state index contributed by atoms with van der Waals surface area (Å²) in [4.78, 5) is 0. The topological polar surface area (TPSA) is 35.2 Å². The Bertz CT molecular complexity index is 429. The van der Waals surface area contributed by atoms with E-state index in [0.717, 1.165) is 37.2 Å². The minimum atomic E-state index is 0.770. The molecule has 1 aromatic rings. The molecule has 0 radical (unpaired) electrons. The van der Waals surface area contributed by atoms with Crippen molar-refractivity contribution in [1.29, 1.82) is 0 Å². The summed E-state index contributed by atoms with van der Waals surface area (Å²) in [6, 6.07) is 6.74. The van der Waals surface area contributed by atoms with Crippen LogP contribution in [0.15, 0.2) is 18.2 Å². The Morgan fingerprint density at radius 2 is 2.00 bits per heavy atom. The zero-order valence-corrected chi connectivity index (χ0v) is 11.7. The smallest absolute Gasteiger partial charge is 0.122 e. The molecule has 1 aliphatic heterocycles. The number of nitrogens with two attached hydrogens (primary N) is 1. The van der Waals surface area contributed by atoms with Crippen LogP contribution in [0.1, 0.15) is 43.2 Å². The lowest BCUT2D eigenvalue weighted by Gasteiger charge is -2.30. The Kier molecular flexibility index (Phi) is 4.07. The maximum atomic E-state index is 5.92. The van der Waals surface area contributed by atoms with Crippen molar-refractivity contribution >= 4 is 0 Å². The highest BCUT2D eigenvalue weighted by Crippen LogP contribution is 2.33. The molecule has 0 aromatic heterocycles. The fraction of sp³-hybridized carbons (Fsp3) is 0.647. The summed E-state index contributed by atoms with van der Waals surface area (Å²) in [5, 5.41) is 0. The van der Waals surface area contributed by atoms with Gasteiger partial charge in [-0.3, -0.25) is 0 Å². The van der Waals surface area contributed by atoms with Gasteiger partial charge in [0.1, 0.15) is 5.75 Å². The summed E-state index contributed by atoms with van der Waals surface area (Å²) < 4.78 is 5.57. The van der Waals surface area contributed by atoms with Gasteiger partial charge >= 0.3 is 0 Å². The average Bonchev–Trinajstić information content (AvgIpc) is 2.93. The number of hydrogen-bond donors (Lipinski definition) is 1. The molecule has 1 heterocycles. The van der Waals surface area contributed by atoms with Crippen molar-refractivity contribution in [1.82, 2.24) is 0 Å². The lowest BCUT2D eigenvalue weighted by Crippen LogP contribution is -2.27. The van der Waals surface area contributed by atoms with Crippen molar-refractivity contribution in [2.24, 2.45) is 17.6 Å². The molecule has 2 heteroatoms. The molecule has 3 rings (SSSR count). The lowest BCUT2D eigenvalue weighted by molar-refractivity contribution is 0.230. The van der Waals surface area contributed by atoms with E-state index < -0.39 is 0 Å². The first kappa shape index (κ1) is 13.0. The predicted molar refractivity (Wildman–Crippen MR) is 78.5 cm³/mol. The molecule has 1 aromatic carbocycles. The maximum Gasteiger partial charge on any atom is 0.122 e. The third-order valence-electron chi connectivity index (χ3n) is 4.93. The monoisotopic (exact) mass is 259 g/mol. The molecule has 104 valence electrons. The minimum Gasteiger partial charge on any atom is -0.493 e. The molecule has 2 unspecified atom stereocenters. The van der Waals surface area contributed by atoms with Gasteiger partial charge in [0.25, 0.3) is 0 Å². The van der Waals surface area contributed by atoms with E-state index in [2.05, 4.69) is 18.2 Å². The van der Waals surface area contributed by atoms with Crippen molar-refractivity contribution in [3.05, 3.63) is 29.3 Å². The summed E-state index contributed by atoms with van der Waals surface area (Å²) in [5.41, 5.74) is 8.80. The molecular formula is C17H25NO. The van der Waals surface area contributed by atoms with Gasteiger partial charge in [-0.2, -0.15) is 0 Å². The summed E-state index contributed by atoms with van der Waals surface area (Å²) in [7, 11) is 0. The molecule has 0 bridgehead atoms. The number of aryl methyl sites for hydroxylation is 1.